The van der Waals surface area contributed by atoms with E-state index < -0.39 is 11.9 Å². The maximum atomic E-state index is 12.7. The lowest BCUT2D eigenvalue weighted by Gasteiger charge is -2.25. The standard InChI is InChI=1S/C16H19F3N4/c1-11-4-6-12(7-5-11)13(23(2)3)10-21-15-20-9-8-14(22-15)16(17,18)19/h4-9,13H,10H2,1-3H3,(H,20,21,22). The SMILES string of the molecule is Cc1ccc(C(CNc2nccc(C(F)(F)F)n2)N(C)C)cc1. The van der Waals surface area contributed by atoms with Gasteiger partial charge >= 0.3 is 6.18 Å². The number of rotatable bonds is 5. The van der Waals surface area contributed by atoms with Crippen molar-refractivity contribution < 1.29 is 13.2 Å². The molecule has 0 saturated heterocycles. The molecule has 1 N–H and O–H groups in total. The fourth-order valence-electron chi connectivity index (χ4n) is 2.18. The number of likely N-dealkylation sites (N-methyl/N-ethyl adjacent to an activating group) is 1. The first kappa shape index (κ1) is 17.2. The number of anilines is 1. The summed E-state index contributed by atoms with van der Waals surface area (Å²) in [5, 5.41) is 2.89. The third-order valence-corrected chi connectivity index (χ3v) is 3.49. The number of halogens is 3. The summed E-state index contributed by atoms with van der Waals surface area (Å²) >= 11 is 0. The predicted molar refractivity (Wildman–Crippen MR) is 83.1 cm³/mol. The molecular weight excluding hydrogens is 305 g/mol. The van der Waals surface area contributed by atoms with Crippen LogP contribution in [0.3, 0.4) is 0 Å². The van der Waals surface area contributed by atoms with E-state index >= 15 is 0 Å². The zero-order valence-electron chi connectivity index (χ0n) is 13.2. The molecule has 0 saturated carbocycles. The first-order chi connectivity index (χ1) is 10.8. The molecule has 1 unspecified atom stereocenters. The minimum Gasteiger partial charge on any atom is -0.352 e. The van der Waals surface area contributed by atoms with E-state index in [0.29, 0.717) is 6.54 Å². The van der Waals surface area contributed by atoms with Gasteiger partial charge < -0.3 is 10.2 Å². The van der Waals surface area contributed by atoms with Gasteiger partial charge in [0, 0.05) is 12.7 Å². The number of alkyl halides is 3. The minimum absolute atomic E-state index is 0.00579. The maximum absolute atomic E-state index is 12.7. The monoisotopic (exact) mass is 324 g/mol. The Balaban J connectivity index is 2.12. The second-order valence-corrected chi connectivity index (χ2v) is 5.53. The lowest BCUT2D eigenvalue weighted by atomic mass is 10.0. The predicted octanol–water partition coefficient (Wildman–Crippen LogP) is 3.52. The summed E-state index contributed by atoms with van der Waals surface area (Å²) in [7, 11) is 3.83. The Bertz CT molecular complexity index is 639. The highest BCUT2D eigenvalue weighted by Gasteiger charge is 2.32. The van der Waals surface area contributed by atoms with Crippen molar-refractivity contribution in [3.05, 3.63) is 53.3 Å². The first-order valence-corrected chi connectivity index (χ1v) is 7.14. The lowest BCUT2D eigenvalue weighted by molar-refractivity contribution is -0.141. The van der Waals surface area contributed by atoms with E-state index in [2.05, 4.69) is 15.3 Å². The van der Waals surface area contributed by atoms with Crippen molar-refractivity contribution in [2.75, 3.05) is 26.0 Å². The van der Waals surface area contributed by atoms with Crippen LogP contribution in [0.15, 0.2) is 36.5 Å². The molecule has 1 heterocycles. The van der Waals surface area contributed by atoms with Crippen LogP contribution in [0.25, 0.3) is 0 Å². The van der Waals surface area contributed by atoms with Gasteiger partial charge in [0.25, 0.3) is 0 Å². The van der Waals surface area contributed by atoms with Crippen molar-refractivity contribution >= 4 is 5.95 Å². The molecule has 0 spiro atoms. The third-order valence-electron chi connectivity index (χ3n) is 3.49. The Morgan fingerprint density at radius 2 is 1.78 bits per heavy atom. The third kappa shape index (κ3) is 4.66. The topological polar surface area (TPSA) is 41.1 Å². The number of nitrogens with one attached hydrogen (secondary N) is 1. The van der Waals surface area contributed by atoms with E-state index in [1.165, 1.54) is 0 Å². The number of nitrogens with zero attached hydrogens (tertiary/aromatic N) is 3. The second-order valence-electron chi connectivity index (χ2n) is 5.53. The average molecular weight is 324 g/mol. The van der Waals surface area contributed by atoms with Gasteiger partial charge in [-0.05, 0) is 32.6 Å². The van der Waals surface area contributed by atoms with Gasteiger partial charge in [-0.2, -0.15) is 13.2 Å². The van der Waals surface area contributed by atoms with Gasteiger partial charge in [-0.15, -0.1) is 0 Å². The molecule has 0 bridgehead atoms. The van der Waals surface area contributed by atoms with Crippen molar-refractivity contribution in [1.82, 2.24) is 14.9 Å². The summed E-state index contributed by atoms with van der Waals surface area (Å²) < 4.78 is 38.0. The van der Waals surface area contributed by atoms with Crippen molar-refractivity contribution in [2.45, 2.75) is 19.1 Å². The number of hydrogen-bond acceptors (Lipinski definition) is 4. The number of benzene rings is 1. The Morgan fingerprint density at radius 3 is 2.35 bits per heavy atom. The van der Waals surface area contributed by atoms with E-state index in [4.69, 9.17) is 0 Å². The van der Waals surface area contributed by atoms with E-state index in [1.807, 2.05) is 50.2 Å². The quantitative estimate of drug-likeness (QED) is 0.914. The van der Waals surface area contributed by atoms with Crippen LogP contribution >= 0.6 is 0 Å². The molecule has 0 amide bonds. The zero-order valence-corrected chi connectivity index (χ0v) is 13.2. The fraction of sp³-hybridized carbons (Fsp3) is 0.375. The number of aromatic nitrogens is 2. The van der Waals surface area contributed by atoms with Crippen LogP contribution in [-0.2, 0) is 6.18 Å². The lowest BCUT2D eigenvalue weighted by Crippen LogP contribution is -2.27. The van der Waals surface area contributed by atoms with Crippen LogP contribution in [-0.4, -0.2) is 35.5 Å². The van der Waals surface area contributed by atoms with Gasteiger partial charge in [0.1, 0.15) is 5.69 Å². The molecule has 1 atom stereocenters. The normalized spacial score (nSPS) is 13.2. The largest absolute Gasteiger partial charge is 0.433 e. The van der Waals surface area contributed by atoms with Gasteiger partial charge in [0.2, 0.25) is 5.95 Å². The molecule has 1 aromatic heterocycles. The van der Waals surface area contributed by atoms with Crippen molar-refractivity contribution in [2.24, 2.45) is 0 Å². The van der Waals surface area contributed by atoms with E-state index in [9.17, 15) is 13.2 Å². The van der Waals surface area contributed by atoms with E-state index in [1.54, 1.807) is 0 Å². The van der Waals surface area contributed by atoms with Crippen molar-refractivity contribution in [3.63, 3.8) is 0 Å². The molecule has 0 aliphatic heterocycles. The Hall–Kier alpha value is -2.15. The summed E-state index contributed by atoms with van der Waals surface area (Å²) in [5.74, 6) is -0.0289. The second kappa shape index (κ2) is 6.95. The smallest absolute Gasteiger partial charge is 0.352 e. The average Bonchev–Trinajstić information content (AvgIpc) is 2.48. The maximum Gasteiger partial charge on any atom is 0.433 e. The number of aryl methyl sites for hydroxylation is 1. The molecule has 124 valence electrons. The van der Waals surface area contributed by atoms with Gasteiger partial charge in [0.05, 0.1) is 6.04 Å². The molecule has 1 aromatic carbocycles. The molecule has 4 nitrogen and oxygen atoms in total. The molecule has 2 aromatic rings. The van der Waals surface area contributed by atoms with Crippen molar-refractivity contribution in [3.8, 4) is 0 Å². The highest BCUT2D eigenvalue weighted by molar-refractivity contribution is 5.29. The molecule has 23 heavy (non-hydrogen) atoms. The molecule has 7 heteroatoms. The molecular formula is C16H19F3N4. The van der Waals surface area contributed by atoms with Crippen LogP contribution in [0, 0.1) is 6.92 Å². The van der Waals surface area contributed by atoms with Crippen LogP contribution in [0.5, 0.6) is 0 Å². The van der Waals surface area contributed by atoms with E-state index in [0.717, 1.165) is 23.4 Å². The van der Waals surface area contributed by atoms with Crippen LogP contribution in [0.1, 0.15) is 22.9 Å². The number of hydrogen-bond donors (Lipinski definition) is 1. The first-order valence-electron chi connectivity index (χ1n) is 7.14. The zero-order chi connectivity index (χ0) is 17.0. The summed E-state index contributed by atoms with van der Waals surface area (Å²) in [6.45, 7) is 2.40. The van der Waals surface area contributed by atoms with Gasteiger partial charge in [-0.3, -0.25) is 0 Å². The van der Waals surface area contributed by atoms with E-state index in [-0.39, 0.29) is 12.0 Å². The van der Waals surface area contributed by atoms with Crippen LogP contribution in [0.4, 0.5) is 19.1 Å². The molecule has 0 fully saturated rings. The summed E-state index contributed by atoms with van der Waals surface area (Å²) in [4.78, 5) is 9.36. The highest BCUT2D eigenvalue weighted by atomic mass is 19.4. The summed E-state index contributed by atoms with van der Waals surface area (Å²) in [6.07, 6.45) is -3.37. The Labute approximate surface area is 133 Å². The highest BCUT2D eigenvalue weighted by Crippen LogP contribution is 2.27. The molecule has 0 aliphatic carbocycles. The Kier molecular flexibility index (Phi) is 5.20. The van der Waals surface area contributed by atoms with Gasteiger partial charge in [0.15, 0.2) is 0 Å². The van der Waals surface area contributed by atoms with Crippen LogP contribution < -0.4 is 5.32 Å². The Morgan fingerprint density at radius 1 is 1.13 bits per heavy atom. The summed E-state index contributed by atoms with van der Waals surface area (Å²) in [6, 6.07) is 8.88. The fourth-order valence-corrected chi connectivity index (χ4v) is 2.18. The molecule has 0 aliphatic rings. The molecule has 2 rings (SSSR count). The summed E-state index contributed by atoms with van der Waals surface area (Å²) in [5.41, 5.74) is 1.27. The van der Waals surface area contributed by atoms with Crippen molar-refractivity contribution in [1.29, 1.82) is 0 Å². The molecule has 0 radical (unpaired) electrons. The van der Waals surface area contributed by atoms with Gasteiger partial charge in [-0.1, -0.05) is 29.8 Å². The van der Waals surface area contributed by atoms with Gasteiger partial charge in [-0.25, -0.2) is 9.97 Å². The minimum atomic E-state index is -4.47. The van der Waals surface area contributed by atoms with Crippen LogP contribution in [0.2, 0.25) is 0 Å².